The van der Waals surface area contributed by atoms with Crippen LogP contribution in [-0.4, -0.2) is 17.3 Å². The van der Waals surface area contributed by atoms with Crippen molar-refractivity contribution in [2.24, 2.45) is 5.92 Å². The Kier molecular flexibility index (Phi) is 7.76. The molecule has 0 fully saturated rings. The van der Waals surface area contributed by atoms with Crippen LogP contribution in [0.2, 0.25) is 5.02 Å². The van der Waals surface area contributed by atoms with Gasteiger partial charge in [-0.3, -0.25) is 9.78 Å². The van der Waals surface area contributed by atoms with Crippen molar-refractivity contribution in [1.29, 1.82) is 0 Å². The Morgan fingerprint density at radius 1 is 0.895 bits per heavy atom. The fourth-order valence-corrected chi connectivity index (χ4v) is 5.70. The topological polar surface area (TPSA) is 33.2 Å². The minimum atomic E-state index is -0.482. The van der Waals surface area contributed by atoms with E-state index in [1.807, 2.05) is 36.4 Å². The number of nitrogens with zero attached hydrogens (tertiary/aromatic N) is 2. The highest BCUT2D eigenvalue weighted by atomic mass is 35.5. The van der Waals surface area contributed by atoms with E-state index in [1.54, 1.807) is 12.3 Å². The molecule has 2 heterocycles. The average molecular weight is 521 g/mol. The lowest BCUT2D eigenvalue weighted by atomic mass is 9.70. The molecule has 38 heavy (non-hydrogen) atoms. The molecule has 1 aromatic heterocycles. The summed E-state index contributed by atoms with van der Waals surface area (Å²) in [6.45, 7) is 5.30. The van der Waals surface area contributed by atoms with Crippen molar-refractivity contribution in [3.63, 3.8) is 0 Å². The third-order valence-corrected chi connectivity index (χ3v) is 7.59. The summed E-state index contributed by atoms with van der Waals surface area (Å²) < 4.78 is 0. The number of halogens is 1. The van der Waals surface area contributed by atoms with Gasteiger partial charge in [0.1, 0.15) is 5.69 Å². The first-order valence-electron chi connectivity index (χ1n) is 13.3. The molecule has 0 aliphatic carbocycles. The fourth-order valence-electron chi connectivity index (χ4n) is 5.53. The number of allylic oxidation sites excluding steroid dienone is 2. The summed E-state index contributed by atoms with van der Waals surface area (Å²) in [5, 5.41) is 0.704. The Morgan fingerprint density at radius 3 is 2.11 bits per heavy atom. The van der Waals surface area contributed by atoms with E-state index in [2.05, 4.69) is 84.4 Å². The molecule has 3 nitrogen and oxygen atoms in total. The van der Waals surface area contributed by atoms with E-state index >= 15 is 0 Å². The van der Waals surface area contributed by atoms with Crippen LogP contribution in [0.1, 0.15) is 47.4 Å². The van der Waals surface area contributed by atoms with Crippen LogP contribution in [0.15, 0.2) is 115 Å². The van der Waals surface area contributed by atoms with Gasteiger partial charge < -0.3 is 4.90 Å². The maximum atomic E-state index is 13.7. The normalized spacial score (nSPS) is 15.2. The molecule has 4 heteroatoms. The van der Waals surface area contributed by atoms with Gasteiger partial charge in [0, 0.05) is 40.6 Å². The van der Waals surface area contributed by atoms with E-state index in [9.17, 15) is 4.79 Å². The van der Waals surface area contributed by atoms with Gasteiger partial charge in [0.2, 0.25) is 5.78 Å². The lowest BCUT2D eigenvalue weighted by Crippen LogP contribution is -2.37. The lowest BCUT2D eigenvalue weighted by molar-refractivity contribution is 0.104. The quantitative estimate of drug-likeness (QED) is 0.165. The van der Waals surface area contributed by atoms with Crippen LogP contribution < -0.4 is 4.90 Å². The first kappa shape index (κ1) is 25.9. The highest BCUT2D eigenvalue weighted by Crippen LogP contribution is 2.52. The second kappa shape index (κ2) is 11.4. The van der Waals surface area contributed by atoms with Crippen molar-refractivity contribution in [2.75, 3.05) is 11.4 Å². The van der Waals surface area contributed by atoms with Crippen molar-refractivity contribution in [2.45, 2.75) is 38.5 Å². The van der Waals surface area contributed by atoms with E-state index in [1.165, 1.54) is 16.7 Å². The number of hydrogen-bond donors (Lipinski definition) is 0. The standard InChI is InChI=1S/C34H33ClN2O/c1-25(2)18-20-37-31-17-16-28(35)21-29(31)34(23-26-11-5-3-6-12-26,24-27-13-7-4-8-14-27)33(37)22-32(38)30-15-9-10-19-36-30/h3-17,19,21-22,25H,18,20,23-24H2,1-2H3. The first-order chi connectivity index (χ1) is 18.5. The van der Waals surface area contributed by atoms with Gasteiger partial charge in [0.25, 0.3) is 0 Å². The Bertz CT molecular complexity index is 1370. The van der Waals surface area contributed by atoms with Gasteiger partial charge in [0.15, 0.2) is 0 Å². The number of carbonyl (C=O) groups is 1. The minimum absolute atomic E-state index is 0.0838. The third kappa shape index (κ3) is 5.44. The van der Waals surface area contributed by atoms with Gasteiger partial charge in [-0.15, -0.1) is 0 Å². The highest BCUT2D eigenvalue weighted by Gasteiger charge is 2.47. The molecule has 0 spiro atoms. The third-order valence-electron chi connectivity index (χ3n) is 7.36. The molecule has 0 atom stereocenters. The van der Waals surface area contributed by atoms with Crippen LogP contribution in [0.4, 0.5) is 5.69 Å². The zero-order valence-electron chi connectivity index (χ0n) is 22.0. The summed E-state index contributed by atoms with van der Waals surface area (Å²) >= 11 is 6.67. The molecule has 0 amide bonds. The molecule has 0 N–H and O–H groups in total. The lowest BCUT2D eigenvalue weighted by Gasteiger charge is -2.35. The summed E-state index contributed by atoms with van der Waals surface area (Å²) in [6.07, 6.45) is 6.00. The maximum Gasteiger partial charge on any atom is 0.205 e. The molecule has 192 valence electrons. The van der Waals surface area contributed by atoms with Gasteiger partial charge in [-0.25, -0.2) is 0 Å². The van der Waals surface area contributed by atoms with Crippen LogP contribution >= 0.6 is 11.6 Å². The van der Waals surface area contributed by atoms with Crippen molar-refractivity contribution in [3.05, 3.63) is 142 Å². The second-order valence-corrected chi connectivity index (χ2v) is 10.9. The van der Waals surface area contributed by atoms with E-state index in [0.717, 1.165) is 37.2 Å². The van der Waals surface area contributed by atoms with Crippen molar-refractivity contribution in [3.8, 4) is 0 Å². The van der Waals surface area contributed by atoms with Crippen LogP contribution in [0.25, 0.3) is 0 Å². The number of anilines is 1. The summed E-state index contributed by atoms with van der Waals surface area (Å²) in [5.74, 6) is 0.441. The maximum absolute atomic E-state index is 13.7. The number of hydrogen-bond acceptors (Lipinski definition) is 3. The molecule has 0 saturated heterocycles. The van der Waals surface area contributed by atoms with E-state index in [0.29, 0.717) is 16.6 Å². The summed E-state index contributed by atoms with van der Waals surface area (Å²) in [6, 6.07) is 32.8. The number of ketones is 1. The van der Waals surface area contributed by atoms with Crippen LogP contribution in [-0.2, 0) is 18.3 Å². The SMILES string of the molecule is CC(C)CCN1C(=CC(=O)c2ccccn2)C(Cc2ccccc2)(Cc2ccccc2)c2cc(Cl)ccc21. The van der Waals surface area contributed by atoms with Gasteiger partial charge in [-0.2, -0.15) is 0 Å². The minimum Gasteiger partial charge on any atom is -0.344 e. The summed E-state index contributed by atoms with van der Waals surface area (Å²) in [5.41, 5.74) is 5.71. The molecule has 0 unspecified atom stereocenters. The Balaban J connectivity index is 1.75. The van der Waals surface area contributed by atoms with Crippen LogP contribution in [0.3, 0.4) is 0 Å². The smallest absolute Gasteiger partial charge is 0.205 e. The van der Waals surface area contributed by atoms with Gasteiger partial charge >= 0.3 is 0 Å². The van der Waals surface area contributed by atoms with E-state index in [-0.39, 0.29) is 5.78 Å². The van der Waals surface area contributed by atoms with Crippen molar-refractivity contribution in [1.82, 2.24) is 4.98 Å². The van der Waals surface area contributed by atoms with Gasteiger partial charge in [-0.05, 0) is 72.2 Å². The number of rotatable bonds is 9. The first-order valence-corrected chi connectivity index (χ1v) is 13.7. The number of aromatic nitrogens is 1. The van der Waals surface area contributed by atoms with E-state index < -0.39 is 5.41 Å². The highest BCUT2D eigenvalue weighted by molar-refractivity contribution is 6.30. The Morgan fingerprint density at radius 2 is 1.53 bits per heavy atom. The molecule has 0 bridgehead atoms. The van der Waals surface area contributed by atoms with E-state index in [4.69, 9.17) is 11.6 Å². The molecule has 0 radical (unpaired) electrons. The van der Waals surface area contributed by atoms with Crippen molar-refractivity contribution >= 4 is 23.1 Å². The van der Waals surface area contributed by atoms with Crippen LogP contribution in [0, 0.1) is 5.92 Å². The molecular weight excluding hydrogens is 488 g/mol. The zero-order chi connectivity index (χ0) is 26.5. The van der Waals surface area contributed by atoms with Crippen molar-refractivity contribution < 1.29 is 4.79 Å². The number of fused-ring (bicyclic) bond motifs is 1. The molecule has 4 aromatic rings. The number of pyridine rings is 1. The van der Waals surface area contributed by atoms with Gasteiger partial charge in [-0.1, -0.05) is 92.2 Å². The van der Waals surface area contributed by atoms with Crippen LogP contribution in [0.5, 0.6) is 0 Å². The fraction of sp³-hybridized carbons (Fsp3) is 0.235. The zero-order valence-corrected chi connectivity index (χ0v) is 22.7. The van der Waals surface area contributed by atoms with Gasteiger partial charge in [0.05, 0.1) is 0 Å². The predicted molar refractivity (Wildman–Crippen MR) is 157 cm³/mol. The molecule has 5 rings (SSSR count). The molecular formula is C34H33ClN2O. The largest absolute Gasteiger partial charge is 0.344 e. The summed E-state index contributed by atoms with van der Waals surface area (Å²) in [7, 11) is 0. The number of benzene rings is 3. The molecule has 3 aromatic carbocycles. The molecule has 1 aliphatic rings. The summed E-state index contributed by atoms with van der Waals surface area (Å²) in [4.78, 5) is 20.4. The monoisotopic (exact) mass is 520 g/mol. The Hall–Kier alpha value is -3.69. The number of carbonyl (C=O) groups excluding carboxylic acids is 1. The average Bonchev–Trinajstić information content (AvgIpc) is 3.16. The molecule has 1 aliphatic heterocycles. The Labute approximate surface area is 230 Å². The second-order valence-electron chi connectivity index (χ2n) is 10.5. The molecule has 0 saturated carbocycles. The predicted octanol–water partition coefficient (Wildman–Crippen LogP) is 8.09.